The molecule has 1 atom stereocenters. The summed E-state index contributed by atoms with van der Waals surface area (Å²) < 4.78 is 13.0. The third-order valence-corrected chi connectivity index (χ3v) is 2.93. The molecule has 1 amide bonds. The van der Waals surface area contributed by atoms with Gasteiger partial charge in [0, 0.05) is 12.6 Å². The monoisotopic (exact) mass is 285 g/mol. The maximum atomic E-state index is 13.0. The van der Waals surface area contributed by atoms with Gasteiger partial charge >= 0.3 is 0 Å². The Morgan fingerprint density at radius 1 is 1.19 bits per heavy atom. The average Bonchev–Trinajstić information content (AvgIpc) is 2.51. The molecule has 0 radical (unpaired) electrons. The number of benzene rings is 2. The van der Waals surface area contributed by atoms with E-state index in [0.717, 1.165) is 5.56 Å². The third-order valence-electron chi connectivity index (χ3n) is 2.93. The average molecular weight is 285 g/mol. The molecule has 1 unspecified atom stereocenters. The third kappa shape index (κ3) is 4.85. The summed E-state index contributed by atoms with van der Waals surface area (Å²) in [6.45, 7) is 0.121. The van der Waals surface area contributed by atoms with Crippen LogP contribution in [-0.2, 0) is 4.79 Å². The van der Waals surface area contributed by atoms with E-state index >= 15 is 0 Å². The van der Waals surface area contributed by atoms with Gasteiger partial charge in [0.15, 0.2) is 0 Å². The summed E-state index contributed by atoms with van der Waals surface area (Å²) in [6.07, 6.45) is 2.08. The SMILES string of the molecule is O=C(/C=C/c1cccc(F)c1)NCC(O)c1ccccc1. The maximum absolute atomic E-state index is 13.0. The number of nitrogens with one attached hydrogen (secondary N) is 1. The molecule has 0 aliphatic carbocycles. The molecular weight excluding hydrogens is 269 g/mol. The van der Waals surface area contributed by atoms with Crippen molar-refractivity contribution >= 4 is 12.0 Å². The van der Waals surface area contributed by atoms with Gasteiger partial charge in [-0.15, -0.1) is 0 Å². The summed E-state index contributed by atoms with van der Waals surface area (Å²) in [5, 5.41) is 12.5. The van der Waals surface area contributed by atoms with Crippen molar-refractivity contribution in [2.45, 2.75) is 6.10 Å². The van der Waals surface area contributed by atoms with Crippen LogP contribution in [0.25, 0.3) is 6.08 Å². The van der Waals surface area contributed by atoms with E-state index in [-0.39, 0.29) is 18.3 Å². The van der Waals surface area contributed by atoms with Crippen LogP contribution in [0.4, 0.5) is 4.39 Å². The molecule has 2 rings (SSSR count). The van der Waals surface area contributed by atoms with E-state index in [0.29, 0.717) is 5.56 Å². The number of hydrogen-bond donors (Lipinski definition) is 2. The zero-order valence-corrected chi connectivity index (χ0v) is 11.4. The van der Waals surface area contributed by atoms with Gasteiger partial charge in [0.2, 0.25) is 5.91 Å². The van der Waals surface area contributed by atoms with Crippen LogP contribution in [0.3, 0.4) is 0 Å². The normalized spacial score (nSPS) is 12.3. The highest BCUT2D eigenvalue weighted by atomic mass is 19.1. The zero-order chi connectivity index (χ0) is 15.1. The summed E-state index contributed by atoms with van der Waals surface area (Å²) in [5.41, 5.74) is 1.35. The number of carbonyl (C=O) groups excluding carboxylic acids is 1. The largest absolute Gasteiger partial charge is 0.387 e. The van der Waals surface area contributed by atoms with Crippen molar-refractivity contribution in [2.24, 2.45) is 0 Å². The fourth-order valence-electron chi connectivity index (χ4n) is 1.83. The van der Waals surface area contributed by atoms with Crippen molar-refractivity contribution in [3.8, 4) is 0 Å². The zero-order valence-electron chi connectivity index (χ0n) is 11.4. The fourth-order valence-corrected chi connectivity index (χ4v) is 1.83. The summed E-state index contributed by atoms with van der Waals surface area (Å²) in [4.78, 5) is 11.6. The Balaban J connectivity index is 1.85. The highest BCUT2D eigenvalue weighted by Gasteiger charge is 2.07. The van der Waals surface area contributed by atoms with E-state index in [1.807, 2.05) is 18.2 Å². The van der Waals surface area contributed by atoms with E-state index in [4.69, 9.17) is 0 Å². The second-order valence-corrected chi connectivity index (χ2v) is 4.56. The van der Waals surface area contributed by atoms with Crippen LogP contribution >= 0.6 is 0 Å². The molecule has 2 aromatic rings. The maximum Gasteiger partial charge on any atom is 0.244 e. The van der Waals surface area contributed by atoms with Gasteiger partial charge in [-0.05, 0) is 29.3 Å². The summed E-state index contributed by atoms with van der Waals surface area (Å²) in [5.74, 6) is -0.689. The quantitative estimate of drug-likeness (QED) is 0.830. The summed E-state index contributed by atoms with van der Waals surface area (Å²) in [6, 6.07) is 15.0. The summed E-state index contributed by atoms with van der Waals surface area (Å²) >= 11 is 0. The molecule has 0 spiro atoms. The minimum Gasteiger partial charge on any atom is -0.387 e. The van der Waals surface area contributed by atoms with Crippen LogP contribution in [0.2, 0.25) is 0 Å². The van der Waals surface area contributed by atoms with Gasteiger partial charge in [-0.3, -0.25) is 4.79 Å². The molecule has 0 aliphatic heterocycles. The Kier molecular flexibility index (Phi) is 5.23. The van der Waals surface area contributed by atoms with Crippen LogP contribution < -0.4 is 5.32 Å². The molecule has 21 heavy (non-hydrogen) atoms. The molecule has 0 bridgehead atoms. The number of aliphatic hydroxyl groups is 1. The number of hydrogen-bond acceptors (Lipinski definition) is 2. The van der Waals surface area contributed by atoms with Crippen molar-refractivity contribution in [2.75, 3.05) is 6.54 Å². The van der Waals surface area contributed by atoms with Crippen LogP contribution in [-0.4, -0.2) is 17.6 Å². The Morgan fingerprint density at radius 2 is 1.95 bits per heavy atom. The number of amides is 1. The molecule has 0 aliphatic rings. The van der Waals surface area contributed by atoms with Crippen molar-refractivity contribution in [1.82, 2.24) is 5.32 Å². The van der Waals surface area contributed by atoms with Gasteiger partial charge in [0.05, 0.1) is 6.10 Å². The molecule has 0 saturated heterocycles. The standard InChI is InChI=1S/C17H16FNO2/c18-15-8-4-5-13(11-15)9-10-17(21)19-12-16(20)14-6-2-1-3-7-14/h1-11,16,20H,12H2,(H,19,21)/b10-9+. The molecule has 108 valence electrons. The van der Waals surface area contributed by atoms with Gasteiger partial charge in [-0.2, -0.15) is 0 Å². The predicted octanol–water partition coefficient (Wildman–Crippen LogP) is 2.69. The van der Waals surface area contributed by atoms with E-state index in [9.17, 15) is 14.3 Å². The molecule has 0 fully saturated rings. The summed E-state index contributed by atoms with van der Waals surface area (Å²) in [7, 11) is 0. The van der Waals surface area contributed by atoms with Crippen molar-refractivity contribution < 1.29 is 14.3 Å². The molecular formula is C17H16FNO2. The van der Waals surface area contributed by atoms with Gasteiger partial charge in [-0.25, -0.2) is 4.39 Å². The molecule has 0 heterocycles. The molecule has 0 aromatic heterocycles. The molecule has 0 saturated carbocycles. The van der Waals surface area contributed by atoms with Gasteiger partial charge in [0.1, 0.15) is 5.82 Å². The Bertz CT molecular complexity index is 626. The number of carbonyl (C=O) groups is 1. The minimum atomic E-state index is -0.752. The van der Waals surface area contributed by atoms with Crippen LogP contribution in [0.15, 0.2) is 60.7 Å². The smallest absolute Gasteiger partial charge is 0.244 e. The molecule has 2 N–H and O–H groups in total. The molecule has 4 heteroatoms. The van der Waals surface area contributed by atoms with Crippen molar-refractivity contribution in [1.29, 1.82) is 0 Å². The van der Waals surface area contributed by atoms with Crippen molar-refractivity contribution in [3.05, 3.63) is 77.6 Å². The van der Waals surface area contributed by atoms with E-state index in [2.05, 4.69) is 5.32 Å². The predicted molar refractivity (Wildman–Crippen MR) is 79.8 cm³/mol. The van der Waals surface area contributed by atoms with Crippen LogP contribution in [0.5, 0.6) is 0 Å². The van der Waals surface area contributed by atoms with Gasteiger partial charge in [0.25, 0.3) is 0 Å². The fraction of sp³-hybridized carbons (Fsp3) is 0.118. The van der Waals surface area contributed by atoms with E-state index < -0.39 is 6.10 Å². The van der Waals surface area contributed by atoms with Crippen molar-refractivity contribution in [3.63, 3.8) is 0 Å². The number of aliphatic hydroxyl groups excluding tert-OH is 1. The highest BCUT2D eigenvalue weighted by molar-refractivity contribution is 5.91. The highest BCUT2D eigenvalue weighted by Crippen LogP contribution is 2.10. The lowest BCUT2D eigenvalue weighted by Crippen LogP contribution is -2.26. The van der Waals surface area contributed by atoms with Crippen LogP contribution in [0.1, 0.15) is 17.2 Å². The Labute approximate surface area is 122 Å². The lowest BCUT2D eigenvalue weighted by Gasteiger charge is -2.10. The minimum absolute atomic E-state index is 0.121. The lowest BCUT2D eigenvalue weighted by atomic mass is 10.1. The second-order valence-electron chi connectivity index (χ2n) is 4.56. The lowest BCUT2D eigenvalue weighted by molar-refractivity contribution is -0.116. The number of halogens is 1. The first-order valence-electron chi connectivity index (χ1n) is 6.59. The van der Waals surface area contributed by atoms with Gasteiger partial charge in [-0.1, -0.05) is 42.5 Å². The molecule has 3 nitrogen and oxygen atoms in total. The first-order valence-corrected chi connectivity index (χ1v) is 6.59. The van der Waals surface area contributed by atoms with E-state index in [1.54, 1.807) is 24.3 Å². The Morgan fingerprint density at radius 3 is 2.67 bits per heavy atom. The first kappa shape index (κ1) is 14.9. The Hall–Kier alpha value is -2.46. The number of rotatable bonds is 5. The first-order chi connectivity index (χ1) is 10.1. The van der Waals surface area contributed by atoms with Gasteiger partial charge < -0.3 is 10.4 Å². The topological polar surface area (TPSA) is 49.3 Å². The van der Waals surface area contributed by atoms with Crippen LogP contribution in [0, 0.1) is 5.82 Å². The van der Waals surface area contributed by atoms with E-state index in [1.165, 1.54) is 24.3 Å². The second kappa shape index (κ2) is 7.36. The molecule has 2 aromatic carbocycles.